The minimum atomic E-state index is -2.75. The predicted molar refractivity (Wildman–Crippen MR) is 229 cm³/mol. The van der Waals surface area contributed by atoms with Gasteiger partial charge in [-0.2, -0.15) is 0 Å². The van der Waals surface area contributed by atoms with E-state index in [4.69, 9.17) is 18.9 Å². The number of esters is 4. The Bertz CT molecular complexity index is 1860. The molecule has 1 aliphatic heterocycles. The number of hydrogen-bond donors (Lipinski definition) is 2. The van der Waals surface area contributed by atoms with Gasteiger partial charge in [-0.25, -0.2) is 0 Å². The zero-order valence-corrected chi connectivity index (χ0v) is 40.5. The predicted octanol–water partition coefficient (Wildman–Crippen LogP) is 5.56. The summed E-state index contributed by atoms with van der Waals surface area (Å²) < 4.78 is 38.5. The molecule has 0 amide bonds. The Labute approximate surface area is 353 Å². The van der Waals surface area contributed by atoms with Gasteiger partial charge >= 0.3 is 270 Å². The van der Waals surface area contributed by atoms with E-state index in [2.05, 4.69) is 48.0 Å². The molecule has 0 fully saturated rings. The second-order valence-corrected chi connectivity index (χ2v) is 34.3. The van der Waals surface area contributed by atoms with E-state index in [1.807, 2.05) is 6.07 Å². The molecule has 2 N–H and O–H groups in total. The van der Waals surface area contributed by atoms with Crippen LogP contribution in [0.4, 0.5) is 4.39 Å². The van der Waals surface area contributed by atoms with Gasteiger partial charge in [-0.3, -0.25) is 9.59 Å². The van der Waals surface area contributed by atoms with Gasteiger partial charge in [-0.15, -0.1) is 0 Å². The van der Waals surface area contributed by atoms with Crippen molar-refractivity contribution in [3.8, 4) is 0 Å². The van der Waals surface area contributed by atoms with Crippen LogP contribution in [0.1, 0.15) is 105 Å². The third kappa shape index (κ3) is 18.8. The molecule has 2 aromatic carbocycles. The molecule has 0 aliphatic carbocycles. The van der Waals surface area contributed by atoms with Crippen molar-refractivity contribution in [2.75, 3.05) is 26.2 Å². The number of hydrogen-bond acceptors (Lipinski definition) is 14. The summed E-state index contributed by atoms with van der Waals surface area (Å²) >= 11 is -2.75. The Hall–Kier alpha value is -4.09. The van der Waals surface area contributed by atoms with Gasteiger partial charge in [-0.05, 0) is 41.5 Å². The molecular formula is C43H65FN6O8Sn. The summed E-state index contributed by atoms with van der Waals surface area (Å²) in [4.78, 5) is 61.6. The molecule has 3 rings (SSSR count). The third-order valence-electron chi connectivity index (χ3n) is 7.81. The second kappa shape index (κ2) is 19.5. The molecule has 1 aliphatic rings. The summed E-state index contributed by atoms with van der Waals surface area (Å²) in [5.74, 6) is -1.90. The number of rotatable bonds is 15. The number of amidine groups is 2. The van der Waals surface area contributed by atoms with Crippen LogP contribution in [0.2, 0.25) is 14.8 Å². The third-order valence-corrected chi connectivity index (χ3v) is 13.6. The fourth-order valence-electron chi connectivity index (χ4n) is 5.83. The normalized spacial score (nSPS) is 13.9. The summed E-state index contributed by atoms with van der Waals surface area (Å²) in [6.45, 7) is 20.8. The van der Waals surface area contributed by atoms with Crippen LogP contribution in [0.3, 0.4) is 0 Å². The van der Waals surface area contributed by atoms with Crippen LogP contribution in [0.15, 0.2) is 46.6 Å². The molecule has 16 heteroatoms. The molecule has 14 nitrogen and oxygen atoms in total. The summed E-state index contributed by atoms with van der Waals surface area (Å²) in [5, 5.41) is 9.08. The first-order valence-electron chi connectivity index (χ1n) is 19.8. The first-order chi connectivity index (χ1) is 26.8. The molecule has 0 aromatic heterocycles. The molecular weight excluding hydrogens is 866 g/mol. The Morgan fingerprint density at radius 1 is 0.542 bits per heavy atom. The Morgan fingerprint density at radius 3 is 1.17 bits per heavy atom. The summed E-state index contributed by atoms with van der Waals surface area (Å²) in [6.07, 6.45) is 0. The Morgan fingerprint density at radius 2 is 0.864 bits per heavy atom. The molecule has 0 atom stereocenters. The van der Waals surface area contributed by atoms with Crippen molar-refractivity contribution in [2.45, 2.75) is 133 Å². The first kappa shape index (κ1) is 49.3. The van der Waals surface area contributed by atoms with Gasteiger partial charge in [0.05, 0.1) is 13.1 Å². The number of benzene rings is 2. The summed E-state index contributed by atoms with van der Waals surface area (Å²) in [7, 11) is 0. The molecule has 0 unspecified atom stereocenters. The number of ether oxygens (including phenoxy) is 4. The van der Waals surface area contributed by atoms with Gasteiger partial charge in [0.15, 0.2) is 0 Å². The molecule has 2 aromatic rings. The Balaban J connectivity index is 1.90. The van der Waals surface area contributed by atoms with E-state index in [1.54, 1.807) is 94.1 Å². The van der Waals surface area contributed by atoms with Gasteiger partial charge in [0.1, 0.15) is 11.2 Å². The van der Waals surface area contributed by atoms with E-state index < -0.39 is 70.5 Å². The SMILES string of the molecule is CC(C)(C)OC(=O)CN(CC(=O)OC(C)(C)C)Cc1cc(F)cc(C2=NNC(c3cc(CN(CC(=O)OC(C)(C)C)CC(=O)OC(C)(C)C)c[c]([Sn]([CH3])([CH3])[CH3])c3)=NN2)c1. The van der Waals surface area contributed by atoms with Crippen molar-refractivity contribution in [1.82, 2.24) is 20.7 Å². The van der Waals surface area contributed by atoms with Gasteiger partial charge < -0.3 is 9.47 Å². The number of hydrazone groups is 2. The summed E-state index contributed by atoms with van der Waals surface area (Å²) in [5.41, 5.74) is 5.54. The first-order valence-corrected chi connectivity index (χ1v) is 29.8. The van der Waals surface area contributed by atoms with Crippen molar-refractivity contribution < 1.29 is 42.5 Å². The van der Waals surface area contributed by atoms with E-state index >= 15 is 4.39 Å². The molecule has 0 saturated carbocycles. The van der Waals surface area contributed by atoms with Crippen molar-refractivity contribution in [2.24, 2.45) is 10.2 Å². The number of carbonyl (C=O) groups is 4. The molecule has 0 saturated heterocycles. The molecule has 1 heterocycles. The average Bonchev–Trinajstić information content (AvgIpc) is 3.00. The van der Waals surface area contributed by atoms with E-state index in [9.17, 15) is 19.2 Å². The van der Waals surface area contributed by atoms with Crippen molar-refractivity contribution in [1.29, 1.82) is 0 Å². The van der Waals surface area contributed by atoms with Crippen LogP contribution in [-0.4, -0.2) is 112 Å². The van der Waals surface area contributed by atoms with Gasteiger partial charge in [0.25, 0.3) is 0 Å². The van der Waals surface area contributed by atoms with Crippen molar-refractivity contribution in [3.05, 3.63) is 64.5 Å². The van der Waals surface area contributed by atoms with E-state index in [0.29, 0.717) is 17.0 Å². The monoisotopic (exact) mass is 932 g/mol. The van der Waals surface area contributed by atoms with Crippen LogP contribution >= 0.6 is 0 Å². The molecule has 0 radical (unpaired) electrons. The maximum absolute atomic E-state index is 15.2. The fraction of sp³-hybridized carbons (Fsp3) is 0.581. The molecule has 0 bridgehead atoms. The zero-order valence-electron chi connectivity index (χ0n) is 37.6. The van der Waals surface area contributed by atoms with Crippen LogP contribution < -0.4 is 14.4 Å². The van der Waals surface area contributed by atoms with Gasteiger partial charge in [0, 0.05) is 0 Å². The number of carbonyl (C=O) groups excluding carboxylic acids is 4. The summed E-state index contributed by atoms with van der Waals surface area (Å²) in [6, 6.07) is 10.4. The topological polar surface area (TPSA) is 160 Å². The van der Waals surface area contributed by atoms with Crippen molar-refractivity contribution >= 4 is 57.5 Å². The Kier molecular flexibility index (Phi) is 16.3. The quantitative estimate of drug-likeness (QED) is 0.130. The van der Waals surface area contributed by atoms with E-state index in [1.165, 1.54) is 20.6 Å². The minimum absolute atomic E-state index is 0.0333. The van der Waals surface area contributed by atoms with Crippen LogP contribution in [0.5, 0.6) is 0 Å². The average molecular weight is 932 g/mol. The second-order valence-electron chi connectivity index (χ2n) is 19.8. The fourth-order valence-corrected chi connectivity index (χ4v) is 9.28. The van der Waals surface area contributed by atoms with Crippen molar-refractivity contribution in [3.63, 3.8) is 0 Å². The van der Waals surface area contributed by atoms with Gasteiger partial charge in [0.2, 0.25) is 0 Å². The molecule has 326 valence electrons. The number of nitrogens with zero attached hydrogens (tertiary/aromatic N) is 4. The van der Waals surface area contributed by atoms with E-state index in [-0.39, 0.29) is 45.1 Å². The van der Waals surface area contributed by atoms with Crippen LogP contribution in [0, 0.1) is 5.82 Å². The van der Waals surface area contributed by atoms with Crippen LogP contribution in [0.25, 0.3) is 0 Å². The molecule has 0 spiro atoms. The van der Waals surface area contributed by atoms with E-state index in [0.717, 1.165) is 11.1 Å². The standard InChI is InChI=1S/C40H56FN6O8.3CH3.Sn/c1-37(2,3)52-31(48)22-46(23-32(49)53-38(4,5)6)20-26-14-13-15-28(16-26)35-42-44-36(45-43-35)29-17-27(18-30(41)19-29)21-47(24-33(50)54-39(7,8)9)25-34(51)55-40(10,11)12;;;;/h14-19H,20-25H2,1-12H3,(H,42,43)(H,44,45);3*1H3;. The number of nitrogens with one attached hydrogen (secondary N) is 2. The maximum atomic E-state index is 15.2. The van der Waals surface area contributed by atoms with Gasteiger partial charge in [-0.1, -0.05) is 0 Å². The molecule has 59 heavy (non-hydrogen) atoms. The number of halogens is 1. The van der Waals surface area contributed by atoms with Crippen LogP contribution in [-0.2, 0) is 51.2 Å². The zero-order chi connectivity index (χ0) is 44.7.